The van der Waals surface area contributed by atoms with E-state index in [0.29, 0.717) is 17.9 Å². The van der Waals surface area contributed by atoms with Crippen molar-refractivity contribution in [2.24, 2.45) is 5.18 Å². The number of aliphatic hydroxyl groups excluding tert-OH is 1. The minimum atomic E-state index is 0.292. The van der Waals surface area contributed by atoms with Crippen LogP contribution in [0.5, 0.6) is 0 Å². The molecule has 0 fully saturated rings. The Morgan fingerprint density at radius 1 is 1.10 bits per heavy atom. The molecule has 0 unspecified atom stereocenters. The molecule has 0 aliphatic rings. The van der Waals surface area contributed by atoms with Crippen LogP contribution in [-0.4, -0.2) is 5.11 Å². The second kappa shape index (κ2) is 6.15. The summed E-state index contributed by atoms with van der Waals surface area (Å²) in [5.74, 6) is 0.292. The minimum absolute atomic E-state index is 0.292. The molecular formula is C17H17NO2. The van der Waals surface area contributed by atoms with E-state index in [1.54, 1.807) is 30.3 Å². The summed E-state index contributed by atoms with van der Waals surface area (Å²) in [6, 6.07) is 12.9. The SMILES string of the molecule is Cc1ccc(CC(O)=Cc2ccc(N=O)cc2)cc1C. The van der Waals surface area contributed by atoms with E-state index in [9.17, 15) is 10.0 Å². The van der Waals surface area contributed by atoms with Crippen molar-refractivity contribution in [2.45, 2.75) is 20.3 Å². The third-order valence-electron chi connectivity index (χ3n) is 3.29. The maximum atomic E-state index is 10.3. The molecule has 0 radical (unpaired) electrons. The number of rotatable bonds is 4. The number of hydrogen-bond acceptors (Lipinski definition) is 3. The molecule has 1 N–H and O–H groups in total. The van der Waals surface area contributed by atoms with Gasteiger partial charge in [0.15, 0.2) is 0 Å². The van der Waals surface area contributed by atoms with Crippen molar-refractivity contribution in [2.75, 3.05) is 0 Å². The minimum Gasteiger partial charge on any atom is -0.512 e. The normalized spacial score (nSPS) is 11.4. The van der Waals surface area contributed by atoms with Crippen LogP contribution in [0.1, 0.15) is 22.3 Å². The first-order valence-electron chi connectivity index (χ1n) is 6.47. The Balaban J connectivity index is 2.13. The zero-order valence-corrected chi connectivity index (χ0v) is 11.6. The fraction of sp³-hybridized carbons (Fsp3) is 0.176. The van der Waals surface area contributed by atoms with E-state index in [0.717, 1.165) is 11.1 Å². The van der Waals surface area contributed by atoms with E-state index in [-0.39, 0.29) is 0 Å². The predicted octanol–water partition coefficient (Wildman–Crippen LogP) is 4.84. The summed E-state index contributed by atoms with van der Waals surface area (Å²) >= 11 is 0. The number of allylic oxidation sites excluding steroid dienone is 1. The zero-order valence-electron chi connectivity index (χ0n) is 11.6. The monoisotopic (exact) mass is 267 g/mol. The van der Waals surface area contributed by atoms with Crippen LogP contribution in [-0.2, 0) is 6.42 Å². The molecule has 0 spiro atoms. The van der Waals surface area contributed by atoms with E-state index < -0.39 is 0 Å². The van der Waals surface area contributed by atoms with Gasteiger partial charge in [0.1, 0.15) is 5.69 Å². The highest BCUT2D eigenvalue weighted by atomic mass is 16.3. The van der Waals surface area contributed by atoms with Crippen LogP contribution in [0.2, 0.25) is 0 Å². The Morgan fingerprint density at radius 3 is 2.40 bits per heavy atom. The van der Waals surface area contributed by atoms with Crippen molar-refractivity contribution < 1.29 is 5.11 Å². The van der Waals surface area contributed by atoms with Gasteiger partial charge in [-0.15, -0.1) is 4.91 Å². The molecule has 0 amide bonds. The van der Waals surface area contributed by atoms with Gasteiger partial charge in [-0.3, -0.25) is 0 Å². The standard InChI is InChI=1S/C17H17NO2/c1-12-3-4-15(9-13(12)2)11-17(19)10-14-5-7-16(18-20)8-6-14/h3-10,19H,11H2,1-2H3. The van der Waals surface area contributed by atoms with Crippen molar-refractivity contribution in [3.8, 4) is 0 Å². The van der Waals surface area contributed by atoms with Gasteiger partial charge >= 0.3 is 0 Å². The molecule has 0 aromatic heterocycles. The number of nitroso groups, excluding NO2 is 1. The molecule has 2 aromatic carbocycles. The first-order valence-corrected chi connectivity index (χ1v) is 6.47. The van der Waals surface area contributed by atoms with Crippen molar-refractivity contribution >= 4 is 11.8 Å². The van der Waals surface area contributed by atoms with Gasteiger partial charge < -0.3 is 5.11 Å². The lowest BCUT2D eigenvalue weighted by Gasteiger charge is -2.05. The maximum absolute atomic E-state index is 10.3. The first kappa shape index (κ1) is 14.0. The molecule has 0 aliphatic carbocycles. The van der Waals surface area contributed by atoms with Crippen LogP contribution in [0.4, 0.5) is 5.69 Å². The smallest absolute Gasteiger partial charge is 0.108 e. The van der Waals surface area contributed by atoms with Crippen LogP contribution < -0.4 is 0 Å². The molecule has 2 aromatic rings. The Morgan fingerprint density at radius 2 is 1.80 bits per heavy atom. The third kappa shape index (κ3) is 3.54. The maximum Gasteiger partial charge on any atom is 0.108 e. The van der Waals surface area contributed by atoms with Crippen molar-refractivity contribution in [1.29, 1.82) is 0 Å². The first-order chi connectivity index (χ1) is 9.58. The Labute approximate surface area is 118 Å². The topological polar surface area (TPSA) is 49.7 Å². The summed E-state index contributed by atoms with van der Waals surface area (Å²) in [5, 5.41) is 12.9. The van der Waals surface area contributed by atoms with E-state index in [2.05, 4.69) is 31.2 Å². The quantitative estimate of drug-likeness (QED) is 0.636. The van der Waals surface area contributed by atoms with Crippen molar-refractivity contribution in [1.82, 2.24) is 0 Å². The highest BCUT2D eigenvalue weighted by Crippen LogP contribution is 2.17. The van der Waals surface area contributed by atoms with Gasteiger partial charge in [-0.1, -0.05) is 30.3 Å². The largest absolute Gasteiger partial charge is 0.512 e. The predicted molar refractivity (Wildman–Crippen MR) is 82.1 cm³/mol. The molecule has 2 rings (SSSR count). The molecule has 0 bridgehead atoms. The van der Waals surface area contributed by atoms with Crippen LogP contribution in [0.3, 0.4) is 0 Å². The third-order valence-corrected chi connectivity index (χ3v) is 3.29. The zero-order chi connectivity index (χ0) is 14.5. The number of nitrogens with zero attached hydrogens (tertiary/aromatic N) is 1. The number of benzene rings is 2. The summed E-state index contributed by atoms with van der Waals surface area (Å²) < 4.78 is 0. The lowest BCUT2D eigenvalue weighted by molar-refractivity contribution is 0.404. The molecule has 0 saturated heterocycles. The fourth-order valence-corrected chi connectivity index (χ4v) is 2.00. The van der Waals surface area contributed by atoms with Gasteiger partial charge in [0.25, 0.3) is 0 Å². The molecule has 20 heavy (non-hydrogen) atoms. The van der Waals surface area contributed by atoms with Crippen LogP contribution >= 0.6 is 0 Å². The fourth-order valence-electron chi connectivity index (χ4n) is 2.00. The molecule has 102 valence electrons. The van der Waals surface area contributed by atoms with Crippen LogP contribution in [0, 0.1) is 18.8 Å². The van der Waals surface area contributed by atoms with Crippen molar-refractivity contribution in [3.05, 3.63) is 75.4 Å². The Bertz CT molecular complexity index is 643. The number of hydrogen-bond donors (Lipinski definition) is 1. The average Bonchev–Trinajstić information content (AvgIpc) is 2.44. The number of aryl methyl sites for hydroxylation is 2. The molecule has 0 atom stereocenters. The van der Waals surface area contributed by atoms with Gasteiger partial charge in [0.05, 0.1) is 5.76 Å². The Kier molecular flexibility index (Phi) is 4.31. The summed E-state index contributed by atoms with van der Waals surface area (Å²) in [4.78, 5) is 10.3. The molecule has 0 aliphatic heterocycles. The van der Waals surface area contributed by atoms with E-state index in [1.807, 2.05) is 6.07 Å². The van der Waals surface area contributed by atoms with E-state index in [1.165, 1.54) is 11.1 Å². The highest BCUT2D eigenvalue weighted by molar-refractivity contribution is 5.55. The van der Waals surface area contributed by atoms with Gasteiger partial charge in [-0.05, 0) is 59.5 Å². The lowest BCUT2D eigenvalue weighted by atomic mass is 10.0. The highest BCUT2D eigenvalue weighted by Gasteiger charge is 2.01. The Hall–Kier alpha value is -2.42. The van der Waals surface area contributed by atoms with Crippen molar-refractivity contribution in [3.63, 3.8) is 0 Å². The van der Waals surface area contributed by atoms with Gasteiger partial charge in [0, 0.05) is 6.42 Å². The second-order valence-electron chi connectivity index (χ2n) is 4.91. The summed E-state index contributed by atoms with van der Waals surface area (Å²) in [6.07, 6.45) is 2.19. The van der Waals surface area contributed by atoms with Gasteiger partial charge in [-0.25, -0.2) is 0 Å². The van der Waals surface area contributed by atoms with Gasteiger partial charge in [0.2, 0.25) is 0 Å². The second-order valence-corrected chi connectivity index (χ2v) is 4.91. The molecular weight excluding hydrogens is 250 g/mol. The summed E-state index contributed by atoms with van der Waals surface area (Å²) in [5.41, 5.74) is 4.77. The molecule has 0 heterocycles. The molecule has 3 heteroatoms. The average molecular weight is 267 g/mol. The summed E-state index contributed by atoms with van der Waals surface area (Å²) in [6.45, 7) is 4.13. The lowest BCUT2D eigenvalue weighted by Crippen LogP contribution is -1.92. The van der Waals surface area contributed by atoms with Crippen LogP contribution in [0.15, 0.2) is 53.4 Å². The number of aliphatic hydroxyl groups is 1. The summed E-state index contributed by atoms with van der Waals surface area (Å²) in [7, 11) is 0. The molecule has 3 nitrogen and oxygen atoms in total. The molecule has 0 saturated carbocycles. The van der Waals surface area contributed by atoms with E-state index in [4.69, 9.17) is 0 Å². The van der Waals surface area contributed by atoms with Gasteiger partial charge in [-0.2, -0.15) is 0 Å². The van der Waals surface area contributed by atoms with E-state index >= 15 is 0 Å². The van der Waals surface area contributed by atoms with Crippen LogP contribution in [0.25, 0.3) is 6.08 Å².